The molecule has 156 valence electrons. The SMILES string of the molecule is O=C(NCc1ccco1)c1cccc(CSc2nc(Cl)cc(N3CCCCC3)n2)c1. The number of aromatic nitrogens is 2. The van der Waals surface area contributed by atoms with Gasteiger partial charge in [0.1, 0.15) is 16.7 Å². The Bertz CT molecular complexity index is 991. The van der Waals surface area contributed by atoms with Gasteiger partial charge in [-0.25, -0.2) is 9.97 Å². The average Bonchev–Trinajstić information content (AvgIpc) is 3.30. The predicted molar refractivity (Wildman–Crippen MR) is 119 cm³/mol. The molecule has 2 aromatic heterocycles. The van der Waals surface area contributed by atoms with Gasteiger partial charge in [-0.3, -0.25) is 4.79 Å². The Morgan fingerprint density at radius 1 is 1.13 bits per heavy atom. The molecule has 1 N–H and O–H groups in total. The standard InChI is InChI=1S/C22H23ClN4O2S/c23-19-13-20(27-9-2-1-3-10-27)26-22(25-19)30-15-16-6-4-7-17(12-16)21(28)24-14-18-8-5-11-29-18/h4-8,11-13H,1-3,9-10,14-15H2,(H,24,28). The van der Waals surface area contributed by atoms with Crippen molar-refractivity contribution in [2.75, 3.05) is 18.0 Å². The van der Waals surface area contributed by atoms with Gasteiger partial charge in [-0.15, -0.1) is 0 Å². The number of benzene rings is 1. The van der Waals surface area contributed by atoms with E-state index in [1.165, 1.54) is 31.0 Å². The summed E-state index contributed by atoms with van der Waals surface area (Å²) in [6.45, 7) is 2.37. The van der Waals surface area contributed by atoms with E-state index in [1.807, 2.05) is 30.3 Å². The maximum absolute atomic E-state index is 12.4. The number of piperidine rings is 1. The fourth-order valence-electron chi connectivity index (χ4n) is 3.37. The molecule has 1 aromatic carbocycles. The highest BCUT2D eigenvalue weighted by Gasteiger charge is 2.15. The molecule has 30 heavy (non-hydrogen) atoms. The number of nitrogens with one attached hydrogen (secondary N) is 1. The summed E-state index contributed by atoms with van der Waals surface area (Å²) >= 11 is 7.76. The fraction of sp³-hybridized carbons (Fsp3) is 0.318. The lowest BCUT2D eigenvalue weighted by molar-refractivity contribution is 0.0948. The van der Waals surface area contributed by atoms with Gasteiger partial charge in [0.05, 0.1) is 12.8 Å². The Morgan fingerprint density at radius 3 is 2.80 bits per heavy atom. The first-order valence-electron chi connectivity index (χ1n) is 9.99. The highest BCUT2D eigenvalue weighted by molar-refractivity contribution is 7.98. The van der Waals surface area contributed by atoms with Crippen LogP contribution in [0.15, 0.2) is 58.3 Å². The number of hydrogen-bond donors (Lipinski definition) is 1. The van der Waals surface area contributed by atoms with E-state index < -0.39 is 0 Å². The summed E-state index contributed by atoms with van der Waals surface area (Å²) < 4.78 is 5.25. The quantitative estimate of drug-likeness (QED) is 0.317. The van der Waals surface area contributed by atoms with E-state index in [4.69, 9.17) is 21.0 Å². The Morgan fingerprint density at radius 2 is 2.00 bits per heavy atom. The van der Waals surface area contributed by atoms with E-state index in [2.05, 4.69) is 15.2 Å². The number of halogens is 1. The molecule has 0 unspecified atom stereocenters. The Labute approximate surface area is 185 Å². The van der Waals surface area contributed by atoms with Crippen LogP contribution >= 0.6 is 23.4 Å². The summed E-state index contributed by atoms with van der Waals surface area (Å²) in [6.07, 6.45) is 5.22. The highest BCUT2D eigenvalue weighted by Crippen LogP contribution is 2.26. The Balaban J connectivity index is 1.38. The van der Waals surface area contributed by atoms with Gasteiger partial charge in [-0.1, -0.05) is 35.5 Å². The summed E-state index contributed by atoms with van der Waals surface area (Å²) in [7, 11) is 0. The predicted octanol–water partition coefficient (Wildman–Crippen LogP) is 4.94. The van der Waals surface area contributed by atoms with Crippen molar-refractivity contribution in [1.82, 2.24) is 15.3 Å². The van der Waals surface area contributed by atoms with Crippen molar-refractivity contribution < 1.29 is 9.21 Å². The molecule has 0 radical (unpaired) electrons. The van der Waals surface area contributed by atoms with Gasteiger partial charge in [-0.2, -0.15) is 0 Å². The van der Waals surface area contributed by atoms with E-state index in [9.17, 15) is 4.79 Å². The smallest absolute Gasteiger partial charge is 0.251 e. The number of thioether (sulfide) groups is 1. The number of furan rings is 1. The van der Waals surface area contributed by atoms with Crippen LogP contribution in [0.1, 0.15) is 40.9 Å². The van der Waals surface area contributed by atoms with Crippen molar-refractivity contribution in [2.24, 2.45) is 0 Å². The number of amides is 1. The van der Waals surface area contributed by atoms with Crippen molar-refractivity contribution in [2.45, 2.75) is 36.7 Å². The van der Waals surface area contributed by atoms with Crippen molar-refractivity contribution in [1.29, 1.82) is 0 Å². The van der Waals surface area contributed by atoms with Crippen molar-refractivity contribution in [3.63, 3.8) is 0 Å². The minimum absolute atomic E-state index is 0.135. The van der Waals surface area contributed by atoms with Crippen LogP contribution in [0, 0.1) is 0 Å². The third-order valence-electron chi connectivity index (χ3n) is 4.90. The fourth-order valence-corrected chi connectivity index (χ4v) is 4.39. The van der Waals surface area contributed by atoms with Crippen molar-refractivity contribution in [3.05, 3.63) is 70.8 Å². The third-order valence-corrected chi connectivity index (χ3v) is 6.01. The van der Waals surface area contributed by atoms with Crippen LogP contribution in [-0.2, 0) is 12.3 Å². The van der Waals surface area contributed by atoms with Crippen LogP contribution in [0.2, 0.25) is 5.15 Å². The van der Waals surface area contributed by atoms with Crippen LogP contribution in [0.25, 0.3) is 0 Å². The van der Waals surface area contributed by atoms with E-state index in [-0.39, 0.29) is 5.91 Å². The van der Waals surface area contributed by atoms with Crippen molar-refractivity contribution >= 4 is 35.1 Å². The second-order valence-electron chi connectivity index (χ2n) is 7.13. The molecule has 0 spiro atoms. The van der Waals surface area contributed by atoms with Crippen molar-refractivity contribution in [3.8, 4) is 0 Å². The molecule has 1 aliphatic rings. The van der Waals surface area contributed by atoms with Crippen LogP contribution in [0.3, 0.4) is 0 Å². The lowest BCUT2D eigenvalue weighted by atomic mass is 10.1. The van der Waals surface area contributed by atoms with E-state index in [1.54, 1.807) is 18.4 Å². The van der Waals surface area contributed by atoms with Crippen LogP contribution in [0.4, 0.5) is 5.82 Å². The maximum atomic E-state index is 12.4. The molecule has 1 aliphatic heterocycles. The van der Waals surface area contributed by atoms with Gasteiger partial charge >= 0.3 is 0 Å². The highest BCUT2D eigenvalue weighted by atomic mass is 35.5. The number of nitrogens with zero attached hydrogens (tertiary/aromatic N) is 3. The summed E-state index contributed by atoms with van der Waals surface area (Å²) in [5.74, 6) is 2.13. The zero-order valence-corrected chi connectivity index (χ0v) is 18.1. The lowest BCUT2D eigenvalue weighted by Crippen LogP contribution is -2.30. The minimum atomic E-state index is -0.135. The molecule has 1 fully saturated rings. The molecule has 6 nitrogen and oxygen atoms in total. The number of carbonyl (C=O) groups is 1. The Kier molecular flexibility index (Phi) is 6.92. The summed E-state index contributed by atoms with van der Waals surface area (Å²) in [5, 5.41) is 3.97. The Hall–Kier alpha value is -2.51. The van der Waals surface area contributed by atoms with Gasteiger partial charge < -0.3 is 14.6 Å². The number of hydrogen-bond acceptors (Lipinski definition) is 6. The molecule has 0 bridgehead atoms. The summed E-state index contributed by atoms with van der Waals surface area (Å²) in [5.41, 5.74) is 1.63. The zero-order chi connectivity index (χ0) is 20.8. The largest absolute Gasteiger partial charge is 0.467 e. The molecule has 3 heterocycles. The van der Waals surface area contributed by atoms with Gasteiger partial charge in [0.2, 0.25) is 0 Å². The van der Waals surface area contributed by atoms with Crippen LogP contribution in [0.5, 0.6) is 0 Å². The molecule has 3 aromatic rings. The van der Waals surface area contributed by atoms with Crippen LogP contribution in [-0.4, -0.2) is 29.0 Å². The number of anilines is 1. The first-order valence-corrected chi connectivity index (χ1v) is 11.4. The second kappa shape index (κ2) is 10.00. The summed E-state index contributed by atoms with van der Waals surface area (Å²) in [6, 6.07) is 13.0. The third kappa shape index (κ3) is 5.55. The van der Waals surface area contributed by atoms with Gasteiger partial charge in [0.15, 0.2) is 5.16 Å². The molecule has 0 atom stereocenters. The zero-order valence-electron chi connectivity index (χ0n) is 16.5. The second-order valence-corrected chi connectivity index (χ2v) is 8.46. The number of carbonyl (C=O) groups excluding carboxylic acids is 1. The summed E-state index contributed by atoms with van der Waals surface area (Å²) in [4.78, 5) is 23.7. The molecule has 1 amide bonds. The molecule has 0 aliphatic carbocycles. The van der Waals surface area contributed by atoms with Gasteiger partial charge in [0.25, 0.3) is 5.91 Å². The van der Waals surface area contributed by atoms with Gasteiger partial charge in [-0.05, 0) is 49.1 Å². The first-order chi connectivity index (χ1) is 14.7. The van der Waals surface area contributed by atoms with E-state index >= 15 is 0 Å². The van der Waals surface area contributed by atoms with E-state index in [0.29, 0.717) is 28.2 Å². The monoisotopic (exact) mass is 442 g/mol. The maximum Gasteiger partial charge on any atom is 0.251 e. The lowest BCUT2D eigenvalue weighted by Gasteiger charge is -2.27. The molecular weight excluding hydrogens is 420 g/mol. The normalized spacial score (nSPS) is 14.0. The molecular formula is C22H23ClN4O2S. The molecule has 4 rings (SSSR count). The number of rotatable bonds is 7. The molecule has 0 saturated carbocycles. The van der Waals surface area contributed by atoms with E-state index in [0.717, 1.165) is 30.2 Å². The molecule has 8 heteroatoms. The minimum Gasteiger partial charge on any atom is -0.467 e. The average molecular weight is 443 g/mol. The topological polar surface area (TPSA) is 71.3 Å². The first kappa shape index (κ1) is 20.8. The van der Waals surface area contributed by atoms with Crippen LogP contribution < -0.4 is 10.2 Å². The molecule has 1 saturated heterocycles. The van der Waals surface area contributed by atoms with Gasteiger partial charge in [0, 0.05) is 30.5 Å².